The minimum atomic E-state index is -1.03. The number of hydrogen-bond acceptors (Lipinski definition) is 4. The molecule has 0 radical (unpaired) electrons. The Morgan fingerprint density at radius 3 is 2.78 bits per heavy atom. The van der Waals surface area contributed by atoms with E-state index in [4.69, 9.17) is 5.11 Å². The molecule has 0 aliphatic heterocycles. The van der Waals surface area contributed by atoms with Crippen molar-refractivity contribution in [1.29, 1.82) is 0 Å². The van der Waals surface area contributed by atoms with E-state index in [0.29, 0.717) is 11.0 Å². The molecule has 0 fully saturated rings. The van der Waals surface area contributed by atoms with Gasteiger partial charge in [-0.05, 0) is 24.6 Å². The largest absolute Gasteiger partial charge is 0.481 e. The Kier molecular flexibility index (Phi) is 3.57. The Labute approximate surface area is 129 Å². The molecule has 0 saturated carbocycles. The second kappa shape index (κ2) is 5.56. The number of H-pyrrole nitrogens is 1. The van der Waals surface area contributed by atoms with Gasteiger partial charge in [-0.1, -0.05) is 0 Å². The Morgan fingerprint density at radius 1 is 1.35 bits per heavy atom. The SMILES string of the molecule is Cc1cc2[nH]c(=O)c(=O)n(CCC(=O)O)c2cc1-n1ccnc1. The fourth-order valence-electron chi connectivity index (χ4n) is 2.53. The van der Waals surface area contributed by atoms with Gasteiger partial charge in [-0.25, -0.2) is 4.98 Å². The van der Waals surface area contributed by atoms with Gasteiger partial charge in [-0.3, -0.25) is 14.4 Å². The zero-order valence-corrected chi connectivity index (χ0v) is 12.3. The summed E-state index contributed by atoms with van der Waals surface area (Å²) in [6, 6.07) is 3.49. The maximum atomic E-state index is 12.1. The molecule has 0 amide bonds. The monoisotopic (exact) mass is 314 g/mol. The molecule has 0 spiro atoms. The fourth-order valence-corrected chi connectivity index (χ4v) is 2.53. The molecule has 2 heterocycles. The number of imidazole rings is 1. The molecule has 8 heteroatoms. The van der Waals surface area contributed by atoms with E-state index in [1.54, 1.807) is 35.4 Å². The van der Waals surface area contributed by atoms with Gasteiger partial charge in [0, 0.05) is 18.9 Å². The molecule has 1 aromatic carbocycles. The van der Waals surface area contributed by atoms with Crippen molar-refractivity contribution < 1.29 is 9.90 Å². The number of fused-ring (bicyclic) bond motifs is 1. The van der Waals surface area contributed by atoms with E-state index in [0.717, 1.165) is 11.3 Å². The van der Waals surface area contributed by atoms with Crippen molar-refractivity contribution in [3.05, 3.63) is 57.1 Å². The maximum Gasteiger partial charge on any atom is 0.316 e. The first-order valence-electron chi connectivity index (χ1n) is 6.95. The van der Waals surface area contributed by atoms with Gasteiger partial charge in [0.1, 0.15) is 0 Å². The first-order chi connectivity index (χ1) is 11.0. The lowest BCUT2D eigenvalue weighted by molar-refractivity contribution is -0.137. The lowest BCUT2D eigenvalue weighted by Gasteiger charge is -2.13. The van der Waals surface area contributed by atoms with E-state index in [-0.39, 0.29) is 13.0 Å². The number of aliphatic carboxylic acids is 1. The number of aryl methyl sites for hydroxylation is 2. The van der Waals surface area contributed by atoms with Crippen LogP contribution in [0, 0.1) is 6.92 Å². The van der Waals surface area contributed by atoms with Gasteiger partial charge in [-0.2, -0.15) is 0 Å². The third kappa shape index (κ3) is 2.66. The summed E-state index contributed by atoms with van der Waals surface area (Å²) in [6.45, 7) is 1.81. The molecule has 118 valence electrons. The van der Waals surface area contributed by atoms with Gasteiger partial charge in [0.15, 0.2) is 0 Å². The number of nitrogens with one attached hydrogen (secondary N) is 1. The number of aromatic amines is 1. The van der Waals surface area contributed by atoms with E-state index >= 15 is 0 Å². The number of carboxylic acid groups (broad SMARTS) is 1. The molecule has 3 aromatic rings. The summed E-state index contributed by atoms with van der Waals surface area (Å²) < 4.78 is 2.98. The van der Waals surface area contributed by atoms with Crippen molar-refractivity contribution in [1.82, 2.24) is 19.1 Å². The molecular weight excluding hydrogens is 300 g/mol. The standard InChI is InChI=1S/C15H14N4O4/c1-9-6-10-12(7-11(9)18-5-3-16-8-18)19(4-2-13(20)21)15(23)14(22)17-10/h3,5-8H,2,4H2,1H3,(H,17,22)(H,20,21). The Balaban J connectivity index is 2.29. The molecular formula is C15H14N4O4. The maximum absolute atomic E-state index is 12.1. The highest BCUT2D eigenvalue weighted by Gasteiger charge is 2.12. The van der Waals surface area contributed by atoms with Gasteiger partial charge >= 0.3 is 17.1 Å². The zero-order valence-electron chi connectivity index (χ0n) is 12.3. The first kappa shape index (κ1) is 14.8. The predicted octanol–water partition coefficient (Wildman–Crippen LogP) is 0.659. The normalized spacial score (nSPS) is 11.0. The average molecular weight is 314 g/mol. The van der Waals surface area contributed by atoms with E-state index in [1.807, 2.05) is 6.92 Å². The summed E-state index contributed by atoms with van der Waals surface area (Å²) >= 11 is 0. The minimum absolute atomic E-state index is 0.0684. The number of aromatic nitrogens is 4. The highest BCUT2D eigenvalue weighted by Crippen LogP contribution is 2.20. The highest BCUT2D eigenvalue weighted by atomic mass is 16.4. The van der Waals surface area contributed by atoms with Crippen LogP contribution in [0.2, 0.25) is 0 Å². The van der Waals surface area contributed by atoms with E-state index < -0.39 is 17.1 Å². The second-order valence-corrected chi connectivity index (χ2v) is 5.18. The Bertz CT molecular complexity index is 999. The van der Waals surface area contributed by atoms with E-state index in [1.165, 1.54) is 4.57 Å². The predicted molar refractivity (Wildman–Crippen MR) is 82.9 cm³/mol. The Hall–Kier alpha value is -3.16. The third-order valence-electron chi connectivity index (χ3n) is 3.62. The molecule has 2 N–H and O–H groups in total. The summed E-state index contributed by atoms with van der Waals surface area (Å²) in [4.78, 5) is 41.2. The lowest BCUT2D eigenvalue weighted by atomic mass is 10.1. The summed E-state index contributed by atoms with van der Waals surface area (Å²) in [5, 5.41) is 8.84. The van der Waals surface area contributed by atoms with Crippen molar-refractivity contribution in [3.63, 3.8) is 0 Å². The van der Waals surface area contributed by atoms with Crippen molar-refractivity contribution in [2.75, 3.05) is 0 Å². The van der Waals surface area contributed by atoms with Crippen molar-refractivity contribution in [3.8, 4) is 5.69 Å². The molecule has 8 nitrogen and oxygen atoms in total. The van der Waals surface area contributed by atoms with Gasteiger partial charge in [0.2, 0.25) is 0 Å². The average Bonchev–Trinajstić information content (AvgIpc) is 3.01. The molecule has 0 atom stereocenters. The smallest absolute Gasteiger partial charge is 0.316 e. The summed E-state index contributed by atoms with van der Waals surface area (Å²) in [5.41, 5.74) is 1.11. The van der Waals surface area contributed by atoms with Gasteiger partial charge < -0.3 is 19.2 Å². The lowest BCUT2D eigenvalue weighted by Crippen LogP contribution is -2.36. The van der Waals surface area contributed by atoms with Crippen molar-refractivity contribution >= 4 is 17.0 Å². The number of rotatable bonds is 4. The van der Waals surface area contributed by atoms with Crippen LogP contribution in [0.15, 0.2) is 40.4 Å². The van der Waals surface area contributed by atoms with Crippen molar-refractivity contribution in [2.24, 2.45) is 0 Å². The number of benzene rings is 1. The van der Waals surface area contributed by atoms with Crippen LogP contribution in [0.4, 0.5) is 0 Å². The molecule has 0 bridgehead atoms. The second-order valence-electron chi connectivity index (χ2n) is 5.18. The fraction of sp³-hybridized carbons (Fsp3) is 0.200. The van der Waals surface area contributed by atoms with Crippen LogP contribution in [-0.2, 0) is 11.3 Å². The van der Waals surface area contributed by atoms with Crippen LogP contribution in [0.1, 0.15) is 12.0 Å². The highest BCUT2D eigenvalue weighted by molar-refractivity contribution is 5.79. The number of carbonyl (C=O) groups is 1. The van der Waals surface area contributed by atoms with Crippen LogP contribution < -0.4 is 11.1 Å². The quantitative estimate of drug-likeness (QED) is 0.687. The molecule has 3 rings (SSSR count). The molecule has 0 saturated heterocycles. The first-order valence-corrected chi connectivity index (χ1v) is 6.95. The van der Waals surface area contributed by atoms with Gasteiger partial charge in [0.05, 0.1) is 29.5 Å². The van der Waals surface area contributed by atoms with Crippen LogP contribution in [0.3, 0.4) is 0 Å². The van der Waals surface area contributed by atoms with Crippen LogP contribution in [0.25, 0.3) is 16.7 Å². The van der Waals surface area contributed by atoms with Crippen LogP contribution in [0.5, 0.6) is 0 Å². The van der Waals surface area contributed by atoms with Gasteiger partial charge in [-0.15, -0.1) is 0 Å². The number of nitrogens with zero attached hydrogens (tertiary/aromatic N) is 3. The number of carboxylic acids is 1. The zero-order chi connectivity index (χ0) is 16.6. The Morgan fingerprint density at radius 2 is 2.13 bits per heavy atom. The summed E-state index contributed by atoms with van der Waals surface area (Å²) in [7, 11) is 0. The molecule has 0 aliphatic rings. The minimum Gasteiger partial charge on any atom is -0.481 e. The number of hydrogen-bond donors (Lipinski definition) is 2. The summed E-state index contributed by atoms with van der Waals surface area (Å²) in [5.74, 6) is -1.03. The van der Waals surface area contributed by atoms with E-state index in [9.17, 15) is 14.4 Å². The third-order valence-corrected chi connectivity index (χ3v) is 3.62. The molecule has 2 aromatic heterocycles. The van der Waals surface area contributed by atoms with E-state index in [2.05, 4.69) is 9.97 Å². The summed E-state index contributed by atoms with van der Waals surface area (Å²) in [6.07, 6.45) is 4.78. The topological polar surface area (TPSA) is 110 Å². The van der Waals surface area contributed by atoms with Crippen molar-refractivity contribution in [2.45, 2.75) is 19.9 Å². The van der Waals surface area contributed by atoms with Crippen LogP contribution in [-0.4, -0.2) is 30.2 Å². The van der Waals surface area contributed by atoms with Crippen LogP contribution >= 0.6 is 0 Å². The van der Waals surface area contributed by atoms with Gasteiger partial charge in [0.25, 0.3) is 0 Å². The molecule has 0 aliphatic carbocycles. The molecule has 0 unspecified atom stereocenters. The molecule has 23 heavy (non-hydrogen) atoms.